The van der Waals surface area contributed by atoms with Crippen LogP contribution in [-0.4, -0.2) is 56.9 Å². The first-order chi connectivity index (χ1) is 18.7. The highest BCUT2D eigenvalue weighted by molar-refractivity contribution is 5.90. The van der Waals surface area contributed by atoms with Crippen molar-refractivity contribution in [3.05, 3.63) is 89.5 Å². The van der Waals surface area contributed by atoms with Gasteiger partial charge in [0.25, 0.3) is 5.91 Å². The van der Waals surface area contributed by atoms with Crippen molar-refractivity contribution in [2.45, 2.75) is 38.1 Å². The van der Waals surface area contributed by atoms with Crippen LogP contribution in [-0.2, 0) is 17.6 Å². The van der Waals surface area contributed by atoms with Gasteiger partial charge < -0.3 is 19.5 Å². The summed E-state index contributed by atoms with van der Waals surface area (Å²) >= 11 is 0. The maximum atomic E-state index is 13.1. The average molecular weight is 510 g/mol. The van der Waals surface area contributed by atoms with Gasteiger partial charge in [0.05, 0.1) is 11.7 Å². The van der Waals surface area contributed by atoms with Gasteiger partial charge in [-0.2, -0.15) is 0 Å². The number of hydrogen-bond donors (Lipinski definition) is 2. The van der Waals surface area contributed by atoms with E-state index < -0.39 is 0 Å². The van der Waals surface area contributed by atoms with E-state index in [2.05, 4.69) is 53.1 Å². The summed E-state index contributed by atoms with van der Waals surface area (Å²) in [5.74, 6) is 1.35. The van der Waals surface area contributed by atoms with Crippen LogP contribution in [0.3, 0.4) is 0 Å². The lowest BCUT2D eigenvalue weighted by atomic mass is 9.73. The predicted octanol–water partition coefficient (Wildman–Crippen LogP) is 3.62. The number of anilines is 1. The molecular weight excluding hydrogens is 478 g/mol. The monoisotopic (exact) mass is 509 g/mol. The number of nitrogens with zero attached hydrogens (tertiary/aromatic N) is 5. The highest BCUT2D eigenvalue weighted by Gasteiger charge is 2.44. The maximum Gasteiger partial charge on any atom is 0.291 e. The van der Waals surface area contributed by atoms with Gasteiger partial charge in [-0.15, -0.1) is 5.10 Å². The summed E-state index contributed by atoms with van der Waals surface area (Å²) in [6.07, 6.45) is 8.30. The second-order valence-corrected chi connectivity index (χ2v) is 10.8. The first kappa shape index (κ1) is 23.2. The van der Waals surface area contributed by atoms with Gasteiger partial charge in [0.15, 0.2) is 0 Å². The van der Waals surface area contributed by atoms with Crippen molar-refractivity contribution in [2.24, 2.45) is 5.41 Å². The second kappa shape index (κ2) is 9.40. The number of amides is 1. The summed E-state index contributed by atoms with van der Waals surface area (Å²) in [4.78, 5) is 24.7. The number of aromatic nitrogens is 5. The lowest BCUT2D eigenvalue weighted by molar-refractivity contribution is -0.000193. The molecule has 1 atom stereocenters. The van der Waals surface area contributed by atoms with Gasteiger partial charge in [-0.05, 0) is 48.9 Å². The Kier molecular flexibility index (Phi) is 5.73. The fourth-order valence-corrected chi connectivity index (χ4v) is 6.08. The highest BCUT2D eigenvalue weighted by atomic mass is 16.5. The summed E-state index contributed by atoms with van der Waals surface area (Å²) in [6.45, 7) is 3.94. The third kappa shape index (κ3) is 4.26. The van der Waals surface area contributed by atoms with E-state index in [0.717, 1.165) is 69.1 Å². The molecule has 38 heavy (non-hydrogen) atoms. The molecule has 5 heterocycles. The molecule has 0 bridgehead atoms. The van der Waals surface area contributed by atoms with E-state index in [1.165, 1.54) is 11.3 Å². The number of imidazole rings is 1. The number of hydrogen-bond acceptors (Lipinski definition) is 6. The number of H-pyrrole nitrogens is 1. The number of carbonyl (C=O) groups is 1. The Bertz CT molecular complexity index is 1450. The van der Waals surface area contributed by atoms with Crippen LogP contribution in [0, 0.1) is 5.41 Å². The molecule has 3 aliphatic heterocycles. The number of nitrogens with one attached hydrogen (secondary N) is 2. The first-order valence-corrected chi connectivity index (χ1v) is 13.4. The normalized spacial score (nSPS) is 19.8. The zero-order chi connectivity index (χ0) is 25.5. The van der Waals surface area contributed by atoms with E-state index in [1.807, 2.05) is 42.7 Å². The molecule has 2 N–H and O–H groups in total. The minimum absolute atomic E-state index is 0.151. The third-order valence-corrected chi connectivity index (χ3v) is 8.24. The molecule has 2 fully saturated rings. The largest absolute Gasteiger partial charge is 0.381 e. The van der Waals surface area contributed by atoms with Gasteiger partial charge in [0.1, 0.15) is 11.6 Å². The summed E-state index contributed by atoms with van der Waals surface area (Å²) < 4.78 is 7.71. The van der Waals surface area contributed by atoms with Crippen LogP contribution in [0.25, 0.3) is 5.69 Å². The van der Waals surface area contributed by atoms with Gasteiger partial charge >= 0.3 is 0 Å². The van der Waals surface area contributed by atoms with Gasteiger partial charge in [0.2, 0.25) is 5.82 Å². The molecule has 7 rings (SSSR count). The van der Waals surface area contributed by atoms with E-state index in [1.54, 1.807) is 0 Å². The number of rotatable bonds is 5. The number of benzene rings is 2. The van der Waals surface area contributed by atoms with Crippen LogP contribution >= 0.6 is 0 Å². The summed E-state index contributed by atoms with van der Waals surface area (Å²) in [5.41, 5.74) is 5.17. The lowest BCUT2D eigenvalue weighted by Gasteiger charge is -2.53. The van der Waals surface area contributed by atoms with Gasteiger partial charge in [-0.25, -0.2) is 9.97 Å². The molecule has 1 spiro atoms. The minimum Gasteiger partial charge on any atom is -0.381 e. The number of carbonyl (C=O) groups excluding carboxylic acids is 1. The highest BCUT2D eigenvalue weighted by Crippen LogP contribution is 2.43. The van der Waals surface area contributed by atoms with Crippen LogP contribution in [0.4, 0.5) is 5.69 Å². The average Bonchev–Trinajstić information content (AvgIpc) is 3.58. The Morgan fingerprint density at radius 3 is 2.82 bits per heavy atom. The molecule has 9 nitrogen and oxygen atoms in total. The van der Waals surface area contributed by atoms with Crippen molar-refractivity contribution in [1.29, 1.82) is 0 Å². The van der Waals surface area contributed by atoms with Crippen molar-refractivity contribution in [2.75, 3.05) is 31.2 Å². The minimum atomic E-state index is -0.297. The van der Waals surface area contributed by atoms with Crippen LogP contribution in [0.5, 0.6) is 0 Å². The molecule has 2 aromatic heterocycles. The molecule has 1 amide bonds. The fraction of sp³-hybridized carbons (Fsp3) is 0.379. The van der Waals surface area contributed by atoms with E-state index in [9.17, 15) is 4.79 Å². The second-order valence-electron chi connectivity index (χ2n) is 10.8. The third-order valence-electron chi connectivity index (χ3n) is 8.24. The first-order valence-electron chi connectivity index (χ1n) is 13.4. The van der Waals surface area contributed by atoms with Crippen LogP contribution in [0.1, 0.15) is 58.7 Å². The van der Waals surface area contributed by atoms with Gasteiger partial charge in [0, 0.05) is 56.2 Å². The van der Waals surface area contributed by atoms with Crippen molar-refractivity contribution in [3.8, 4) is 5.69 Å². The molecule has 0 aliphatic carbocycles. The van der Waals surface area contributed by atoms with Crippen LogP contribution in [0.15, 0.2) is 60.9 Å². The summed E-state index contributed by atoms with van der Waals surface area (Å²) in [6, 6.07) is 16.5. The van der Waals surface area contributed by atoms with E-state index in [-0.39, 0.29) is 17.8 Å². The quantitative estimate of drug-likeness (QED) is 0.426. The van der Waals surface area contributed by atoms with E-state index >= 15 is 0 Å². The molecule has 9 heteroatoms. The zero-order valence-corrected chi connectivity index (χ0v) is 21.3. The number of aromatic amines is 1. The Balaban J connectivity index is 1.07. The molecule has 3 aliphatic rings. The van der Waals surface area contributed by atoms with Gasteiger partial charge in [-0.3, -0.25) is 9.89 Å². The molecule has 0 saturated carbocycles. The van der Waals surface area contributed by atoms with Gasteiger partial charge in [-0.1, -0.05) is 36.4 Å². The van der Waals surface area contributed by atoms with E-state index in [0.29, 0.717) is 17.7 Å². The number of ether oxygens (including phenoxy) is 1. The van der Waals surface area contributed by atoms with Crippen molar-refractivity contribution in [3.63, 3.8) is 0 Å². The Morgan fingerprint density at radius 1 is 1.13 bits per heavy atom. The fourth-order valence-electron chi connectivity index (χ4n) is 6.08. The molecule has 0 unspecified atom stereocenters. The maximum absolute atomic E-state index is 13.1. The van der Waals surface area contributed by atoms with Crippen molar-refractivity contribution in [1.82, 2.24) is 30.0 Å². The molecule has 2 aromatic carbocycles. The molecule has 0 radical (unpaired) electrons. The predicted molar refractivity (Wildman–Crippen MR) is 142 cm³/mol. The zero-order valence-electron chi connectivity index (χ0n) is 21.3. The van der Waals surface area contributed by atoms with Crippen LogP contribution in [0.2, 0.25) is 0 Å². The summed E-state index contributed by atoms with van der Waals surface area (Å²) in [5, 5.41) is 10.2. The topological polar surface area (TPSA) is 101 Å². The SMILES string of the molecule is O=C(N[C@H]1CCc2ccc(N3CC4(CCOCC4)C3)cc2-n2ccnc21)c1n[nH]c(Cc2ccccc2)n1. The smallest absolute Gasteiger partial charge is 0.291 e. The van der Waals surface area contributed by atoms with Crippen molar-refractivity contribution < 1.29 is 9.53 Å². The summed E-state index contributed by atoms with van der Waals surface area (Å²) in [7, 11) is 0. The molecule has 194 valence electrons. The molecule has 4 aromatic rings. The van der Waals surface area contributed by atoms with E-state index in [4.69, 9.17) is 4.74 Å². The standard InChI is InChI=1S/C29H31N7O2/c37-28(26-32-25(33-34-26)16-20-4-2-1-3-5-20)31-23-9-7-21-6-8-22(17-24(21)36-13-12-30-27(23)36)35-18-29(19-35)10-14-38-15-11-29/h1-6,8,12-13,17,23H,7,9-11,14-16,18-19H2,(H,31,37)(H,32,33,34)/t23-/m0/s1. The number of aryl methyl sites for hydroxylation is 1. The number of fused-ring (bicyclic) bond motifs is 3. The molecular formula is C29H31N7O2. The Hall–Kier alpha value is -3.98. The lowest BCUT2D eigenvalue weighted by Crippen LogP contribution is -2.58. The Morgan fingerprint density at radius 2 is 1.97 bits per heavy atom. The van der Waals surface area contributed by atoms with Crippen molar-refractivity contribution >= 4 is 11.6 Å². The Labute approximate surface area is 221 Å². The van der Waals surface area contributed by atoms with Crippen LogP contribution < -0.4 is 10.2 Å². The molecule has 2 saturated heterocycles.